The highest BCUT2D eigenvalue weighted by Crippen LogP contribution is 2.08. The van der Waals surface area contributed by atoms with Gasteiger partial charge in [0.15, 0.2) is 0 Å². The summed E-state index contributed by atoms with van der Waals surface area (Å²) in [5.74, 6) is -0.853. The molecule has 98 valence electrons. The van der Waals surface area contributed by atoms with Crippen molar-refractivity contribution in [3.63, 3.8) is 0 Å². The molecule has 0 aliphatic carbocycles. The lowest BCUT2D eigenvalue weighted by molar-refractivity contribution is -0.394. The Morgan fingerprint density at radius 1 is 1.42 bits per heavy atom. The molecule has 0 aliphatic rings. The van der Waals surface area contributed by atoms with Gasteiger partial charge in [-0.05, 0) is 22.6 Å². The van der Waals surface area contributed by atoms with Gasteiger partial charge in [0.05, 0.1) is 19.2 Å². The van der Waals surface area contributed by atoms with Gasteiger partial charge in [-0.3, -0.25) is 0 Å². The molecule has 2 rings (SSSR count). The Hall–Kier alpha value is -2.77. The lowest BCUT2D eigenvalue weighted by Crippen LogP contribution is -2.03. The van der Waals surface area contributed by atoms with E-state index in [9.17, 15) is 14.9 Å². The Bertz CT molecular complexity index is 605. The van der Waals surface area contributed by atoms with E-state index in [2.05, 4.69) is 14.8 Å². The van der Waals surface area contributed by atoms with E-state index in [1.54, 1.807) is 24.3 Å². The van der Waals surface area contributed by atoms with Gasteiger partial charge in [0.2, 0.25) is 6.33 Å². The fraction of sp³-hybridized carbons (Fsp3) is 0.182. The quantitative estimate of drug-likeness (QED) is 0.463. The summed E-state index contributed by atoms with van der Waals surface area (Å²) < 4.78 is 5.94. The van der Waals surface area contributed by atoms with E-state index < -0.39 is 16.8 Å². The van der Waals surface area contributed by atoms with Gasteiger partial charge in [0.1, 0.15) is 0 Å². The maximum atomic E-state index is 11.2. The van der Waals surface area contributed by atoms with Crippen molar-refractivity contribution >= 4 is 11.9 Å². The number of hydrogen-bond donors (Lipinski definition) is 0. The number of nitrogens with zero attached hydrogens (tertiary/aromatic N) is 4. The van der Waals surface area contributed by atoms with Crippen molar-refractivity contribution in [1.29, 1.82) is 0 Å². The van der Waals surface area contributed by atoms with Gasteiger partial charge in [-0.1, -0.05) is 17.1 Å². The number of ether oxygens (including phenoxy) is 1. The molecule has 0 amide bonds. The molecular weight excluding hydrogens is 252 g/mol. The molecule has 2 aromatic rings. The van der Waals surface area contributed by atoms with E-state index >= 15 is 0 Å². The van der Waals surface area contributed by atoms with E-state index in [-0.39, 0.29) is 0 Å². The molecule has 8 heteroatoms. The van der Waals surface area contributed by atoms with E-state index in [0.717, 1.165) is 5.56 Å². The fourth-order valence-electron chi connectivity index (χ4n) is 1.50. The zero-order chi connectivity index (χ0) is 13.8. The second-order valence-electron chi connectivity index (χ2n) is 3.69. The standard InChI is InChI=1S/C11H10N4O4/c1-19-10(16)9-4-2-8(3-5-9)6-14-7-12-11(13-14)15(17)18/h2-5,7H,6H2,1H3. The zero-order valence-electron chi connectivity index (χ0n) is 10.0. The average molecular weight is 262 g/mol. The third-order valence-corrected chi connectivity index (χ3v) is 2.41. The van der Waals surface area contributed by atoms with Gasteiger partial charge in [0, 0.05) is 5.10 Å². The van der Waals surface area contributed by atoms with Crippen molar-refractivity contribution in [3.8, 4) is 0 Å². The maximum absolute atomic E-state index is 11.2. The Morgan fingerprint density at radius 2 is 2.11 bits per heavy atom. The molecule has 19 heavy (non-hydrogen) atoms. The number of rotatable bonds is 4. The Kier molecular flexibility index (Phi) is 3.51. The number of esters is 1. The summed E-state index contributed by atoms with van der Waals surface area (Å²) in [4.78, 5) is 24.6. The Morgan fingerprint density at radius 3 is 2.63 bits per heavy atom. The van der Waals surface area contributed by atoms with Crippen LogP contribution in [0.1, 0.15) is 15.9 Å². The summed E-state index contributed by atoms with van der Waals surface area (Å²) in [7, 11) is 1.31. The number of benzene rings is 1. The van der Waals surface area contributed by atoms with Crippen LogP contribution >= 0.6 is 0 Å². The van der Waals surface area contributed by atoms with E-state index in [1.165, 1.54) is 18.1 Å². The first-order valence-corrected chi connectivity index (χ1v) is 5.31. The van der Waals surface area contributed by atoms with Crippen LogP contribution in [0.4, 0.5) is 5.95 Å². The van der Waals surface area contributed by atoms with E-state index in [0.29, 0.717) is 12.1 Å². The van der Waals surface area contributed by atoms with E-state index in [4.69, 9.17) is 0 Å². The van der Waals surface area contributed by atoms with Crippen LogP contribution in [0.5, 0.6) is 0 Å². The molecule has 0 aliphatic heterocycles. The minimum atomic E-state index is -0.656. The lowest BCUT2D eigenvalue weighted by Gasteiger charge is -2.01. The third kappa shape index (κ3) is 2.92. The van der Waals surface area contributed by atoms with Crippen molar-refractivity contribution in [2.24, 2.45) is 0 Å². The van der Waals surface area contributed by atoms with E-state index in [1.807, 2.05) is 0 Å². The number of carbonyl (C=O) groups is 1. The highest BCUT2D eigenvalue weighted by Gasteiger charge is 2.13. The first-order valence-electron chi connectivity index (χ1n) is 5.31. The monoisotopic (exact) mass is 262 g/mol. The molecule has 0 N–H and O–H groups in total. The van der Waals surface area contributed by atoms with Crippen molar-refractivity contribution < 1.29 is 14.5 Å². The maximum Gasteiger partial charge on any atom is 0.490 e. The molecule has 0 saturated heterocycles. The number of aromatic nitrogens is 3. The zero-order valence-corrected chi connectivity index (χ0v) is 10.0. The molecule has 0 radical (unpaired) electrons. The predicted octanol–water partition coefficient (Wildman–Crippen LogP) is 1.02. The fourth-order valence-corrected chi connectivity index (χ4v) is 1.50. The molecule has 0 unspecified atom stereocenters. The van der Waals surface area contributed by atoms with Gasteiger partial charge < -0.3 is 14.9 Å². The molecule has 0 atom stereocenters. The van der Waals surface area contributed by atoms with Crippen LogP contribution in [0.25, 0.3) is 0 Å². The number of carbonyl (C=O) groups excluding carboxylic acids is 1. The van der Waals surface area contributed by atoms with Crippen LogP contribution in [0, 0.1) is 10.1 Å². The van der Waals surface area contributed by atoms with Gasteiger partial charge in [0.25, 0.3) is 0 Å². The molecule has 0 bridgehead atoms. The molecule has 0 saturated carbocycles. The number of methoxy groups -OCH3 is 1. The summed E-state index contributed by atoms with van der Waals surface area (Å²) in [5.41, 5.74) is 1.28. The van der Waals surface area contributed by atoms with Crippen LogP contribution in [0.15, 0.2) is 30.6 Å². The normalized spacial score (nSPS) is 10.2. The predicted molar refractivity (Wildman–Crippen MR) is 63.6 cm³/mol. The van der Waals surface area contributed by atoms with Crippen molar-refractivity contribution in [1.82, 2.24) is 14.8 Å². The molecule has 0 fully saturated rings. The Balaban J connectivity index is 2.10. The smallest absolute Gasteiger partial charge is 0.465 e. The molecule has 0 spiro atoms. The van der Waals surface area contributed by atoms with Crippen LogP contribution < -0.4 is 0 Å². The molecule has 1 aromatic heterocycles. The molecular formula is C11H10N4O4. The highest BCUT2D eigenvalue weighted by molar-refractivity contribution is 5.89. The lowest BCUT2D eigenvalue weighted by atomic mass is 10.1. The largest absolute Gasteiger partial charge is 0.490 e. The van der Waals surface area contributed by atoms with Crippen molar-refractivity contribution in [2.45, 2.75) is 6.54 Å². The van der Waals surface area contributed by atoms with Crippen molar-refractivity contribution in [3.05, 3.63) is 51.8 Å². The molecule has 1 heterocycles. The summed E-state index contributed by atoms with van der Waals surface area (Å²) in [5, 5.41) is 14.1. The van der Waals surface area contributed by atoms with Crippen LogP contribution in [-0.4, -0.2) is 32.8 Å². The average Bonchev–Trinajstić information content (AvgIpc) is 2.87. The Labute approximate surface area is 107 Å². The summed E-state index contributed by atoms with van der Waals surface area (Å²) in [6.07, 6.45) is 1.28. The van der Waals surface area contributed by atoms with Crippen molar-refractivity contribution in [2.75, 3.05) is 7.11 Å². The van der Waals surface area contributed by atoms with Gasteiger partial charge in [-0.25, -0.2) is 4.79 Å². The first kappa shape index (κ1) is 12.7. The summed E-state index contributed by atoms with van der Waals surface area (Å²) >= 11 is 0. The van der Waals surface area contributed by atoms with Gasteiger partial charge in [-0.2, -0.15) is 4.68 Å². The second kappa shape index (κ2) is 5.25. The highest BCUT2D eigenvalue weighted by atomic mass is 16.6. The summed E-state index contributed by atoms with van der Waals surface area (Å²) in [6, 6.07) is 6.68. The summed E-state index contributed by atoms with van der Waals surface area (Å²) in [6.45, 7) is 0.336. The van der Waals surface area contributed by atoms with Crippen LogP contribution in [0.2, 0.25) is 0 Å². The number of hydrogen-bond acceptors (Lipinski definition) is 6. The van der Waals surface area contributed by atoms with Gasteiger partial charge in [-0.15, -0.1) is 0 Å². The molecule has 8 nitrogen and oxygen atoms in total. The SMILES string of the molecule is COC(=O)c1ccc(Cn2cnc([N+](=O)[O-])n2)cc1. The first-order chi connectivity index (χ1) is 9.10. The molecule has 1 aromatic carbocycles. The van der Waals surface area contributed by atoms with Crippen LogP contribution in [-0.2, 0) is 11.3 Å². The van der Waals surface area contributed by atoms with Gasteiger partial charge >= 0.3 is 11.9 Å². The topological polar surface area (TPSA) is 100 Å². The second-order valence-corrected chi connectivity index (χ2v) is 3.69. The minimum Gasteiger partial charge on any atom is -0.465 e. The third-order valence-electron chi connectivity index (χ3n) is 2.41. The minimum absolute atomic E-state index is 0.336. The van der Waals surface area contributed by atoms with Crippen LogP contribution in [0.3, 0.4) is 0 Å². The number of nitro groups is 1.